The van der Waals surface area contributed by atoms with Crippen molar-refractivity contribution in [2.24, 2.45) is 0 Å². The summed E-state index contributed by atoms with van der Waals surface area (Å²) in [5.74, 6) is 2.01. The third kappa shape index (κ3) is 5.96. The zero-order valence-corrected chi connectivity index (χ0v) is 20.6. The molecule has 9 heteroatoms. The zero-order valence-electron chi connectivity index (χ0n) is 19.0. The molecule has 2 aromatic carbocycles. The van der Waals surface area contributed by atoms with E-state index in [0.717, 1.165) is 42.7 Å². The van der Waals surface area contributed by atoms with Crippen LogP contribution < -0.4 is 4.74 Å². The van der Waals surface area contributed by atoms with Gasteiger partial charge in [0.25, 0.3) is 5.22 Å². The molecule has 1 fully saturated rings. The lowest BCUT2D eigenvalue weighted by atomic mass is 10.1. The third-order valence-corrected chi connectivity index (χ3v) is 8.36. The van der Waals surface area contributed by atoms with Crippen LogP contribution in [0.3, 0.4) is 0 Å². The molecule has 2 heterocycles. The average molecular weight is 488 g/mol. The first kappa shape index (κ1) is 23.8. The summed E-state index contributed by atoms with van der Waals surface area (Å²) in [6.07, 6.45) is 3.71. The molecule has 33 heavy (non-hydrogen) atoms. The molecule has 0 bridgehead atoms. The average Bonchev–Trinajstić information content (AvgIpc) is 3.31. The Morgan fingerprint density at radius 3 is 2.70 bits per heavy atom. The fourth-order valence-corrected chi connectivity index (χ4v) is 5.93. The predicted molar refractivity (Wildman–Crippen MR) is 129 cm³/mol. The highest BCUT2D eigenvalue weighted by Gasteiger charge is 2.26. The van der Waals surface area contributed by atoms with E-state index in [2.05, 4.69) is 22.3 Å². The topological polar surface area (TPSA) is 85.5 Å². The van der Waals surface area contributed by atoms with Crippen molar-refractivity contribution in [1.82, 2.24) is 14.5 Å². The summed E-state index contributed by atoms with van der Waals surface area (Å²) in [7, 11) is -3.51. The Morgan fingerprint density at radius 2 is 1.88 bits per heavy atom. The number of nitrogens with zero attached hydrogens (tertiary/aromatic N) is 3. The Kier molecular flexibility index (Phi) is 7.72. The second-order valence-electron chi connectivity index (χ2n) is 8.19. The van der Waals surface area contributed by atoms with Crippen molar-refractivity contribution in [3.05, 3.63) is 53.6 Å². The lowest BCUT2D eigenvalue weighted by molar-refractivity contribution is 0.316. The smallest absolute Gasteiger partial charge is 0.276 e. The molecule has 0 unspecified atom stereocenters. The molecular weight excluding hydrogens is 458 g/mol. The van der Waals surface area contributed by atoms with E-state index >= 15 is 0 Å². The molecule has 0 saturated carbocycles. The fourth-order valence-electron chi connectivity index (χ4n) is 3.69. The van der Waals surface area contributed by atoms with E-state index in [1.54, 1.807) is 28.6 Å². The van der Waals surface area contributed by atoms with Crippen LogP contribution in [-0.4, -0.2) is 48.4 Å². The van der Waals surface area contributed by atoms with Crippen molar-refractivity contribution in [3.63, 3.8) is 0 Å². The molecule has 0 N–H and O–H groups in total. The Balaban J connectivity index is 1.33. The van der Waals surface area contributed by atoms with E-state index in [9.17, 15) is 8.42 Å². The summed E-state index contributed by atoms with van der Waals surface area (Å²) in [5.41, 5.74) is 2.90. The molecule has 4 rings (SSSR count). The SMILES string of the molecule is Cc1ccc(C)c(OCCCSc2nnc(-c3cccc(S(=O)(=O)N4CCCCC4)c3)o2)c1. The van der Waals surface area contributed by atoms with Crippen LogP contribution in [0.1, 0.15) is 36.8 Å². The van der Waals surface area contributed by atoms with Crippen molar-refractivity contribution in [2.75, 3.05) is 25.4 Å². The van der Waals surface area contributed by atoms with Crippen LogP contribution in [0.4, 0.5) is 0 Å². The summed E-state index contributed by atoms with van der Waals surface area (Å²) in [6.45, 7) is 5.83. The Bertz CT molecular complexity index is 1190. The lowest BCUT2D eigenvalue weighted by Gasteiger charge is -2.25. The van der Waals surface area contributed by atoms with Gasteiger partial charge in [-0.3, -0.25) is 0 Å². The number of ether oxygens (including phenoxy) is 1. The molecule has 1 saturated heterocycles. The van der Waals surface area contributed by atoms with Gasteiger partial charge in [-0.25, -0.2) is 8.42 Å². The van der Waals surface area contributed by atoms with Gasteiger partial charge >= 0.3 is 0 Å². The number of sulfonamides is 1. The highest BCUT2D eigenvalue weighted by atomic mass is 32.2. The van der Waals surface area contributed by atoms with Gasteiger partial charge < -0.3 is 9.15 Å². The molecule has 0 amide bonds. The number of hydrogen-bond acceptors (Lipinski definition) is 7. The molecule has 1 aromatic heterocycles. The van der Waals surface area contributed by atoms with E-state index in [-0.39, 0.29) is 4.90 Å². The summed E-state index contributed by atoms with van der Waals surface area (Å²) in [4.78, 5) is 0.262. The largest absolute Gasteiger partial charge is 0.493 e. The van der Waals surface area contributed by atoms with Crippen LogP contribution >= 0.6 is 11.8 Å². The summed E-state index contributed by atoms with van der Waals surface area (Å²) >= 11 is 1.46. The van der Waals surface area contributed by atoms with Crippen molar-refractivity contribution in [2.45, 2.75) is 49.6 Å². The van der Waals surface area contributed by atoms with Gasteiger partial charge in [-0.1, -0.05) is 36.4 Å². The molecule has 0 radical (unpaired) electrons. The number of benzene rings is 2. The van der Waals surface area contributed by atoms with Crippen LogP contribution in [-0.2, 0) is 10.0 Å². The molecule has 1 aliphatic rings. The Labute approximate surface area is 199 Å². The van der Waals surface area contributed by atoms with E-state index < -0.39 is 10.0 Å². The predicted octanol–water partition coefficient (Wildman–Crippen LogP) is 5.09. The first-order valence-corrected chi connectivity index (χ1v) is 13.6. The molecule has 0 atom stereocenters. The minimum Gasteiger partial charge on any atom is -0.493 e. The fraction of sp³-hybridized carbons (Fsp3) is 0.417. The van der Waals surface area contributed by atoms with Crippen molar-refractivity contribution >= 4 is 21.8 Å². The maximum atomic E-state index is 13.0. The molecule has 0 spiro atoms. The second kappa shape index (κ2) is 10.7. The molecule has 1 aliphatic heterocycles. The highest BCUT2D eigenvalue weighted by molar-refractivity contribution is 7.99. The van der Waals surface area contributed by atoms with Crippen molar-refractivity contribution < 1.29 is 17.6 Å². The van der Waals surface area contributed by atoms with Crippen molar-refractivity contribution in [3.8, 4) is 17.2 Å². The van der Waals surface area contributed by atoms with Gasteiger partial charge in [0.1, 0.15) is 5.75 Å². The summed E-state index contributed by atoms with van der Waals surface area (Å²) in [6, 6.07) is 12.9. The Morgan fingerprint density at radius 1 is 1.06 bits per heavy atom. The molecule has 7 nitrogen and oxygen atoms in total. The number of hydrogen-bond donors (Lipinski definition) is 0. The van der Waals surface area contributed by atoms with Gasteiger partial charge in [0.15, 0.2) is 0 Å². The van der Waals surface area contributed by atoms with Gasteiger partial charge in [0, 0.05) is 24.4 Å². The van der Waals surface area contributed by atoms with Gasteiger partial charge in [0.05, 0.1) is 11.5 Å². The van der Waals surface area contributed by atoms with E-state index in [1.165, 1.54) is 17.3 Å². The lowest BCUT2D eigenvalue weighted by Crippen LogP contribution is -2.35. The van der Waals surface area contributed by atoms with Crippen LogP contribution in [0.2, 0.25) is 0 Å². The molecule has 176 valence electrons. The number of aryl methyl sites for hydroxylation is 2. The number of piperidine rings is 1. The third-order valence-electron chi connectivity index (χ3n) is 5.56. The minimum absolute atomic E-state index is 0.262. The molecule has 0 aliphatic carbocycles. The van der Waals surface area contributed by atoms with Gasteiger partial charge in [-0.2, -0.15) is 4.31 Å². The standard InChI is InChI=1S/C24H29N3O4S2/c1-18-10-11-19(2)22(16-18)30-14-7-15-32-24-26-25-23(31-24)20-8-6-9-21(17-20)33(28,29)27-12-4-3-5-13-27/h6,8-11,16-17H,3-5,7,12-15H2,1-2H3. The van der Waals surface area contributed by atoms with Crippen molar-refractivity contribution in [1.29, 1.82) is 0 Å². The van der Waals surface area contributed by atoms with Gasteiger partial charge in [0.2, 0.25) is 15.9 Å². The van der Waals surface area contributed by atoms with E-state index in [1.807, 2.05) is 19.9 Å². The normalized spacial score (nSPS) is 15.0. The van der Waals surface area contributed by atoms with Crippen LogP contribution in [0.15, 0.2) is 57.0 Å². The number of thioether (sulfide) groups is 1. The highest BCUT2D eigenvalue weighted by Crippen LogP contribution is 2.27. The Hall–Kier alpha value is -2.36. The maximum absolute atomic E-state index is 13.0. The second-order valence-corrected chi connectivity index (χ2v) is 11.2. The molecular formula is C24H29N3O4S2. The summed E-state index contributed by atoms with van der Waals surface area (Å²) in [5, 5.41) is 8.67. The van der Waals surface area contributed by atoms with Gasteiger partial charge in [-0.15, -0.1) is 10.2 Å². The number of aromatic nitrogens is 2. The number of rotatable bonds is 9. The van der Waals surface area contributed by atoms with E-state index in [4.69, 9.17) is 9.15 Å². The molecule has 3 aromatic rings. The minimum atomic E-state index is -3.51. The van der Waals surface area contributed by atoms with Crippen LogP contribution in [0.5, 0.6) is 5.75 Å². The van der Waals surface area contributed by atoms with Crippen LogP contribution in [0, 0.1) is 13.8 Å². The first-order valence-electron chi connectivity index (χ1n) is 11.2. The summed E-state index contributed by atoms with van der Waals surface area (Å²) < 4.78 is 39.1. The maximum Gasteiger partial charge on any atom is 0.276 e. The monoisotopic (exact) mass is 487 g/mol. The quantitative estimate of drug-likeness (QED) is 0.307. The zero-order chi connectivity index (χ0) is 23.3. The first-order chi connectivity index (χ1) is 15.9. The van der Waals surface area contributed by atoms with Gasteiger partial charge in [-0.05, 0) is 68.5 Å². The van der Waals surface area contributed by atoms with E-state index in [0.29, 0.717) is 36.4 Å². The van der Waals surface area contributed by atoms with Crippen LogP contribution in [0.25, 0.3) is 11.5 Å².